The van der Waals surface area contributed by atoms with Crippen LogP contribution in [0.4, 0.5) is 4.39 Å². The van der Waals surface area contributed by atoms with E-state index in [0.29, 0.717) is 51.9 Å². The lowest BCUT2D eigenvalue weighted by Gasteiger charge is -2.23. The molecule has 1 aromatic heterocycles. The number of piperidine rings is 1. The molecule has 6 rings (SSSR count). The molecule has 3 aliphatic rings. The van der Waals surface area contributed by atoms with Gasteiger partial charge in [-0.3, -0.25) is 9.36 Å². The third kappa shape index (κ3) is 3.18. The van der Waals surface area contributed by atoms with Crippen LogP contribution in [0.1, 0.15) is 18.9 Å². The fraction of sp³-hybridized carbons (Fsp3) is 0.423. The number of hydrogen-bond donors (Lipinski definition) is 2. The van der Waals surface area contributed by atoms with Gasteiger partial charge in [0.25, 0.3) is 0 Å². The highest BCUT2D eigenvalue weighted by Crippen LogP contribution is 2.64. The molecule has 3 fully saturated rings. The lowest BCUT2D eigenvalue weighted by Crippen LogP contribution is -2.51. The largest absolute Gasteiger partial charge is 0.419 e. The number of oxazole rings is 1. The summed E-state index contributed by atoms with van der Waals surface area (Å²) in [5.74, 6) is 1.28. The molecule has 1 saturated heterocycles. The zero-order valence-corrected chi connectivity index (χ0v) is 18.9. The van der Waals surface area contributed by atoms with Crippen molar-refractivity contribution < 1.29 is 13.6 Å². The molecule has 34 heavy (non-hydrogen) atoms. The van der Waals surface area contributed by atoms with Crippen LogP contribution in [0.2, 0.25) is 0 Å². The SMILES string of the molecule is CC1C2C1[C@H]1C[C@@H]2N[C@@H]1C(=O)N[C@H](C#N)Cc1ccc(-c2ccc3oc(=O)n(C)c3c2)cc1F. The maximum Gasteiger partial charge on any atom is 0.419 e. The van der Waals surface area contributed by atoms with Crippen molar-refractivity contribution in [1.29, 1.82) is 5.26 Å². The van der Waals surface area contributed by atoms with E-state index in [1.165, 1.54) is 10.6 Å². The molecule has 2 saturated carbocycles. The van der Waals surface area contributed by atoms with Crippen LogP contribution in [0.15, 0.2) is 45.6 Å². The van der Waals surface area contributed by atoms with E-state index in [-0.39, 0.29) is 18.4 Å². The number of aryl methyl sites for hydroxylation is 1. The van der Waals surface area contributed by atoms with Gasteiger partial charge in [0.15, 0.2) is 5.58 Å². The van der Waals surface area contributed by atoms with E-state index in [1.807, 2.05) is 0 Å². The lowest BCUT2D eigenvalue weighted by molar-refractivity contribution is -0.124. The zero-order valence-electron chi connectivity index (χ0n) is 18.9. The molecule has 1 aliphatic heterocycles. The first-order valence-corrected chi connectivity index (χ1v) is 11.7. The van der Waals surface area contributed by atoms with Crippen molar-refractivity contribution in [3.8, 4) is 17.2 Å². The maximum atomic E-state index is 15.0. The molecule has 7 atom stereocenters. The smallest absolute Gasteiger partial charge is 0.408 e. The van der Waals surface area contributed by atoms with E-state index < -0.39 is 17.6 Å². The minimum atomic E-state index is -0.807. The first-order valence-electron chi connectivity index (χ1n) is 11.7. The molecule has 174 valence electrons. The van der Waals surface area contributed by atoms with Gasteiger partial charge < -0.3 is 15.1 Å². The molecule has 2 heterocycles. The van der Waals surface area contributed by atoms with Crippen LogP contribution < -0.4 is 16.4 Å². The summed E-state index contributed by atoms with van der Waals surface area (Å²) in [6, 6.07) is 11.5. The third-order valence-corrected chi connectivity index (χ3v) is 8.18. The molecule has 3 aromatic rings. The van der Waals surface area contributed by atoms with Crippen molar-refractivity contribution in [2.24, 2.45) is 30.7 Å². The Morgan fingerprint density at radius 3 is 2.79 bits per heavy atom. The molecule has 2 N–H and O–H groups in total. The fourth-order valence-corrected chi connectivity index (χ4v) is 6.41. The number of nitrogens with zero attached hydrogens (tertiary/aromatic N) is 2. The second kappa shape index (κ2) is 7.54. The predicted molar refractivity (Wildman–Crippen MR) is 123 cm³/mol. The number of aromatic nitrogens is 1. The Morgan fingerprint density at radius 1 is 1.29 bits per heavy atom. The third-order valence-electron chi connectivity index (χ3n) is 8.18. The predicted octanol–water partition coefficient (Wildman–Crippen LogP) is 2.73. The quantitative estimate of drug-likeness (QED) is 0.610. The zero-order chi connectivity index (χ0) is 23.7. The second-order valence-corrected chi connectivity index (χ2v) is 9.97. The summed E-state index contributed by atoms with van der Waals surface area (Å²) < 4.78 is 21.5. The molecule has 8 heteroatoms. The van der Waals surface area contributed by atoms with E-state index in [1.54, 1.807) is 37.4 Å². The molecule has 7 nitrogen and oxygen atoms in total. The maximum absolute atomic E-state index is 15.0. The van der Waals surface area contributed by atoms with E-state index in [0.717, 1.165) is 12.0 Å². The van der Waals surface area contributed by atoms with Gasteiger partial charge in [-0.1, -0.05) is 25.1 Å². The number of benzene rings is 2. The van der Waals surface area contributed by atoms with Gasteiger partial charge in [0.1, 0.15) is 11.9 Å². The minimum absolute atomic E-state index is 0.0902. The molecule has 3 unspecified atom stereocenters. The van der Waals surface area contributed by atoms with Crippen molar-refractivity contribution in [3.05, 3.63) is 58.3 Å². The van der Waals surface area contributed by atoms with Gasteiger partial charge in [0.2, 0.25) is 5.91 Å². The van der Waals surface area contributed by atoms with Gasteiger partial charge >= 0.3 is 5.76 Å². The minimum Gasteiger partial charge on any atom is -0.408 e. The van der Waals surface area contributed by atoms with Crippen LogP contribution >= 0.6 is 0 Å². The molecule has 2 aliphatic carbocycles. The van der Waals surface area contributed by atoms with Gasteiger partial charge in [0.05, 0.1) is 17.6 Å². The summed E-state index contributed by atoms with van der Waals surface area (Å²) in [6.07, 6.45) is 1.12. The van der Waals surface area contributed by atoms with Crippen molar-refractivity contribution in [1.82, 2.24) is 15.2 Å². The van der Waals surface area contributed by atoms with Crippen molar-refractivity contribution in [2.45, 2.75) is 37.9 Å². The van der Waals surface area contributed by atoms with E-state index in [4.69, 9.17) is 4.42 Å². The van der Waals surface area contributed by atoms with E-state index in [9.17, 15) is 19.2 Å². The Labute approximate surface area is 195 Å². The monoisotopic (exact) mass is 460 g/mol. The van der Waals surface area contributed by atoms with Crippen molar-refractivity contribution >= 4 is 17.0 Å². The Bertz CT molecular complexity index is 1420. The topological polar surface area (TPSA) is 100 Å². The average Bonchev–Trinajstić information content (AvgIpc) is 3.13. The number of halogens is 1. The molecular formula is C26H25FN4O3. The fourth-order valence-electron chi connectivity index (χ4n) is 6.41. The first-order chi connectivity index (χ1) is 16.4. The van der Waals surface area contributed by atoms with Crippen molar-refractivity contribution in [3.63, 3.8) is 0 Å². The first kappa shape index (κ1) is 21.1. The highest BCUT2D eigenvalue weighted by molar-refractivity contribution is 5.84. The normalized spacial score (nSPS) is 29.6. The number of nitriles is 1. The highest BCUT2D eigenvalue weighted by atomic mass is 19.1. The van der Waals surface area contributed by atoms with Gasteiger partial charge in [-0.2, -0.15) is 5.26 Å². The summed E-state index contributed by atoms with van der Waals surface area (Å²) in [6.45, 7) is 2.25. The highest BCUT2D eigenvalue weighted by Gasteiger charge is 2.67. The standard InChI is InChI=1S/C26H25FN4O3/c1-12-22-17-10-19(23(12)22)30-24(17)25(32)29-16(11-28)7-15-4-3-13(8-18(15)27)14-5-6-21-20(9-14)31(2)26(33)34-21/h3-6,8-9,12,16-17,19,22-24,30H,7,10H2,1-2H3,(H,29,32)/t12?,16-,17+,19-,22?,23?,24-/m0/s1. The Kier molecular flexibility index (Phi) is 4.68. The average molecular weight is 461 g/mol. The van der Waals surface area contributed by atoms with Crippen LogP contribution in [-0.4, -0.2) is 28.6 Å². The Balaban J connectivity index is 1.16. The van der Waals surface area contributed by atoms with Crippen LogP contribution in [0.3, 0.4) is 0 Å². The summed E-state index contributed by atoms with van der Waals surface area (Å²) >= 11 is 0. The van der Waals surface area contributed by atoms with E-state index >= 15 is 0 Å². The van der Waals surface area contributed by atoms with E-state index in [2.05, 4.69) is 23.6 Å². The Hall–Kier alpha value is -3.44. The number of carbonyl (C=O) groups excluding carboxylic acids is 1. The number of rotatable bonds is 5. The molecular weight excluding hydrogens is 435 g/mol. The van der Waals surface area contributed by atoms with Crippen LogP contribution in [0.25, 0.3) is 22.2 Å². The van der Waals surface area contributed by atoms with Crippen LogP contribution in [0, 0.1) is 40.8 Å². The van der Waals surface area contributed by atoms with Gasteiger partial charge in [-0.25, -0.2) is 9.18 Å². The molecule has 0 radical (unpaired) electrons. The summed E-state index contributed by atoms with van der Waals surface area (Å²) in [5, 5.41) is 15.9. The van der Waals surface area contributed by atoms with Crippen LogP contribution in [-0.2, 0) is 18.3 Å². The molecule has 1 amide bonds. The number of carbonyl (C=O) groups is 1. The van der Waals surface area contributed by atoms with Crippen LogP contribution in [0.5, 0.6) is 0 Å². The lowest BCUT2D eigenvalue weighted by atomic mass is 9.94. The molecule has 2 bridgehead atoms. The number of hydrogen-bond acceptors (Lipinski definition) is 5. The molecule has 2 aromatic carbocycles. The summed E-state index contributed by atoms with van der Waals surface area (Å²) in [7, 11) is 1.62. The number of nitrogens with one attached hydrogen (secondary N) is 2. The summed E-state index contributed by atoms with van der Waals surface area (Å²) in [5.41, 5.74) is 2.85. The van der Waals surface area contributed by atoms with Crippen molar-refractivity contribution in [2.75, 3.05) is 0 Å². The Morgan fingerprint density at radius 2 is 2.06 bits per heavy atom. The second-order valence-electron chi connectivity index (χ2n) is 9.97. The number of fused-ring (bicyclic) bond motifs is 6. The summed E-state index contributed by atoms with van der Waals surface area (Å²) in [4.78, 5) is 24.6. The number of amides is 1. The molecule has 0 spiro atoms. The van der Waals surface area contributed by atoms with Gasteiger partial charge in [-0.05, 0) is 65.0 Å². The van der Waals surface area contributed by atoms with Gasteiger partial charge in [-0.15, -0.1) is 0 Å². The van der Waals surface area contributed by atoms with Gasteiger partial charge in [0, 0.05) is 19.5 Å².